The van der Waals surface area contributed by atoms with E-state index >= 15 is 0 Å². The van der Waals surface area contributed by atoms with Crippen LogP contribution in [0.15, 0.2) is 48.2 Å². The molecule has 0 saturated carbocycles. The Morgan fingerprint density at radius 3 is 2.64 bits per heavy atom. The number of morpholine rings is 1. The number of hydrogen-bond acceptors (Lipinski definition) is 6. The molecule has 0 aliphatic carbocycles. The van der Waals surface area contributed by atoms with Gasteiger partial charge < -0.3 is 9.15 Å². The van der Waals surface area contributed by atoms with Crippen LogP contribution >= 0.6 is 27.3 Å². The van der Waals surface area contributed by atoms with Crippen LogP contribution in [-0.2, 0) is 21.2 Å². The topological polar surface area (TPSA) is 76.8 Å². The summed E-state index contributed by atoms with van der Waals surface area (Å²) in [6, 6.07) is 8.75. The quantitative estimate of drug-likeness (QED) is 0.526. The molecule has 3 heterocycles. The molecule has 3 aromatic rings. The normalized spacial score (nSPS) is 15.9. The van der Waals surface area contributed by atoms with Crippen molar-refractivity contribution in [2.45, 2.75) is 17.6 Å². The van der Waals surface area contributed by atoms with E-state index in [1.807, 2.05) is 19.1 Å². The number of aryl methyl sites for hydroxylation is 1. The van der Waals surface area contributed by atoms with Gasteiger partial charge in [-0.05, 0) is 42.3 Å². The van der Waals surface area contributed by atoms with E-state index in [0.29, 0.717) is 48.7 Å². The van der Waals surface area contributed by atoms with Crippen molar-refractivity contribution in [3.8, 4) is 10.4 Å². The zero-order valence-corrected chi connectivity index (χ0v) is 18.3. The van der Waals surface area contributed by atoms with Crippen molar-refractivity contribution >= 4 is 48.3 Å². The minimum absolute atomic E-state index is 0.222. The lowest BCUT2D eigenvalue weighted by Crippen LogP contribution is -2.40. The lowest BCUT2D eigenvalue weighted by atomic mass is 10.0. The molecule has 0 atom stereocenters. The maximum atomic E-state index is 12.9. The number of nitrogens with zero attached hydrogens (tertiary/aromatic N) is 1. The zero-order chi connectivity index (χ0) is 19.9. The maximum Gasteiger partial charge on any atom is 0.345 e. The fraction of sp³-hybridized carbons (Fsp3) is 0.316. The highest BCUT2D eigenvalue weighted by molar-refractivity contribution is 9.10. The number of thiophene rings is 1. The molecule has 1 fully saturated rings. The number of sulfonamides is 1. The summed E-state index contributed by atoms with van der Waals surface area (Å²) < 4.78 is 39.1. The van der Waals surface area contributed by atoms with Gasteiger partial charge in [0.1, 0.15) is 9.79 Å². The highest BCUT2D eigenvalue weighted by Crippen LogP contribution is 2.35. The number of ether oxygens (including phenoxy) is 1. The second-order valence-corrected chi connectivity index (χ2v) is 10.5. The Morgan fingerprint density at radius 2 is 1.93 bits per heavy atom. The van der Waals surface area contributed by atoms with Gasteiger partial charge >= 0.3 is 5.63 Å². The molecule has 0 N–H and O–H groups in total. The Labute approximate surface area is 174 Å². The van der Waals surface area contributed by atoms with Gasteiger partial charge in [-0.15, -0.1) is 11.3 Å². The molecule has 0 bridgehead atoms. The van der Waals surface area contributed by atoms with E-state index in [2.05, 4.69) is 15.9 Å². The predicted molar refractivity (Wildman–Crippen MR) is 112 cm³/mol. The molecule has 2 aromatic heterocycles. The van der Waals surface area contributed by atoms with Gasteiger partial charge in [0.2, 0.25) is 0 Å². The van der Waals surface area contributed by atoms with Crippen LogP contribution in [0.1, 0.15) is 12.5 Å². The molecule has 9 heteroatoms. The molecule has 6 nitrogen and oxygen atoms in total. The first-order chi connectivity index (χ1) is 13.4. The zero-order valence-electron chi connectivity index (χ0n) is 15.1. The molecule has 0 unspecified atom stereocenters. The first kappa shape index (κ1) is 19.8. The standard InChI is InChI=1S/C19H18BrNO5S2/c1-2-13-14-11-12(20)3-4-15(14)26-19(22)18(13)16-5-6-17(27-16)28(23,24)21-7-9-25-10-8-21/h3-6,11H,2,7-10H2,1H3. The Hall–Kier alpha value is -1.52. The highest BCUT2D eigenvalue weighted by atomic mass is 79.9. The summed E-state index contributed by atoms with van der Waals surface area (Å²) in [5, 5.41) is 0.845. The molecular formula is C19H18BrNO5S2. The van der Waals surface area contributed by atoms with Gasteiger partial charge in [0, 0.05) is 27.8 Å². The van der Waals surface area contributed by atoms with E-state index in [-0.39, 0.29) is 4.21 Å². The number of hydrogen-bond donors (Lipinski definition) is 0. The lowest BCUT2D eigenvalue weighted by molar-refractivity contribution is 0.0731. The monoisotopic (exact) mass is 483 g/mol. The summed E-state index contributed by atoms with van der Waals surface area (Å²) in [5.74, 6) is 0. The van der Waals surface area contributed by atoms with Gasteiger partial charge in [0.05, 0.1) is 18.8 Å². The Balaban J connectivity index is 1.84. The van der Waals surface area contributed by atoms with E-state index in [1.54, 1.807) is 18.2 Å². The van der Waals surface area contributed by atoms with Gasteiger partial charge in [-0.3, -0.25) is 0 Å². The summed E-state index contributed by atoms with van der Waals surface area (Å²) in [6.07, 6.45) is 0.622. The van der Waals surface area contributed by atoms with Crippen molar-refractivity contribution in [2.24, 2.45) is 0 Å². The van der Waals surface area contributed by atoms with Crippen LogP contribution in [0.25, 0.3) is 21.4 Å². The Bertz CT molecular complexity index is 1190. The first-order valence-electron chi connectivity index (χ1n) is 8.85. The molecule has 0 radical (unpaired) electrons. The van der Waals surface area contributed by atoms with Crippen molar-refractivity contribution in [1.82, 2.24) is 4.31 Å². The molecule has 28 heavy (non-hydrogen) atoms. The molecule has 1 saturated heterocycles. The largest absolute Gasteiger partial charge is 0.422 e. The molecule has 0 spiro atoms. The predicted octanol–water partition coefficient (Wildman–Crippen LogP) is 3.87. The summed E-state index contributed by atoms with van der Waals surface area (Å²) in [6.45, 7) is 3.42. The maximum absolute atomic E-state index is 12.9. The van der Waals surface area contributed by atoms with Crippen molar-refractivity contribution in [3.63, 3.8) is 0 Å². The molecule has 1 aromatic carbocycles. The van der Waals surface area contributed by atoms with Crippen LogP contribution in [0.5, 0.6) is 0 Å². The molecule has 1 aliphatic rings. The van der Waals surface area contributed by atoms with Crippen LogP contribution < -0.4 is 5.63 Å². The minimum atomic E-state index is -3.60. The molecule has 0 amide bonds. The van der Waals surface area contributed by atoms with Crippen LogP contribution in [0, 0.1) is 0 Å². The molecule has 148 valence electrons. The molecular weight excluding hydrogens is 466 g/mol. The Morgan fingerprint density at radius 1 is 1.18 bits per heavy atom. The number of halogens is 1. The van der Waals surface area contributed by atoms with Crippen molar-refractivity contribution in [1.29, 1.82) is 0 Å². The number of rotatable bonds is 4. The Kier molecular flexibility index (Phi) is 5.45. The third kappa shape index (κ3) is 3.46. The van der Waals surface area contributed by atoms with E-state index in [4.69, 9.17) is 9.15 Å². The summed E-state index contributed by atoms with van der Waals surface area (Å²) in [4.78, 5) is 13.3. The summed E-state index contributed by atoms with van der Waals surface area (Å²) >= 11 is 4.56. The van der Waals surface area contributed by atoms with Gasteiger partial charge in [-0.1, -0.05) is 22.9 Å². The average molecular weight is 484 g/mol. The molecule has 4 rings (SSSR count). The molecule has 1 aliphatic heterocycles. The average Bonchev–Trinajstić information content (AvgIpc) is 3.18. The second kappa shape index (κ2) is 7.72. The summed E-state index contributed by atoms with van der Waals surface area (Å²) in [7, 11) is -3.60. The van der Waals surface area contributed by atoms with Crippen LogP contribution in [-0.4, -0.2) is 39.0 Å². The van der Waals surface area contributed by atoms with Gasteiger partial charge in [-0.2, -0.15) is 4.31 Å². The van der Waals surface area contributed by atoms with Crippen molar-refractivity contribution < 1.29 is 17.6 Å². The van der Waals surface area contributed by atoms with Crippen LogP contribution in [0.2, 0.25) is 0 Å². The summed E-state index contributed by atoms with van der Waals surface area (Å²) in [5.41, 5.74) is 1.35. The first-order valence-corrected chi connectivity index (χ1v) is 11.9. The highest BCUT2D eigenvalue weighted by Gasteiger charge is 2.28. The lowest BCUT2D eigenvalue weighted by Gasteiger charge is -2.25. The smallest absolute Gasteiger partial charge is 0.345 e. The van der Waals surface area contributed by atoms with E-state index in [0.717, 1.165) is 26.8 Å². The van der Waals surface area contributed by atoms with E-state index < -0.39 is 15.6 Å². The fourth-order valence-corrected chi connectivity index (χ4v) is 6.65. The van der Waals surface area contributed by atoms with E-state index in [9.17, 15) is 13.2 Å². The third-order valence-electron chi connectivity index (χ3n) is 4.72. The second-order valence-electron chi connectivity index (χ2n) is 6.37. The van der Waals surface area contributed by atoms with Gasteiger partial charge in [0.15, 0.2) is 0 Å². The number of fused-ring (bicyclic) bond motifs is 1. The van der Waals surface area contributed by atoms with Gasteiger partial charge in [0.25, 0.3) is 10.0 Å². The van der Waals surface area contributed by atoms with Crippen molar-refractivity contribution in [3.05, 3.63) is 50.8 Å². The van der Waals surface area contributed by atoms with Crippen molar-refractivity contribution in [2.75, 3.05) is 26.3 Å². The van der Waals surface area contributed by atoms with Gasteiger partial charge in [-0.25, -0.2) is 13.2 Å². The third-order valence-corrected chi connectivity index (χ3v) is 8.68. The number of benzene rings is 1. The van der Waals surface area contributed by atoms with Crippen LogP contribution in [0.3, 0.4) is 0 Å². The minimum Gasteiger partial charge on any atom is -0.422 e. The van der Waals surface area contributed by atoms with Crippen LogP contribution in [0.4, 0.5) is 0 Å². The SMILES string of the molecule is CCc1c(-c2ccc(S(=O)(=O)N3CCOCC3)s2)c(=O)oc2ccc(Br)cc12. The fourth-order valence-electron chi connectivity index (χ4n) is 3.36. The van der Waals surface area contributed by atoms with E-state index in [1.165, 1.54) is 4.31 Å².